The third-order valence-electron chi connectivity index (χ3n) is 3.28. The van der Waals surface area contributed by atoms with E-state index in [1.165, 1.54) is 12.8 Å². The van der Waals surface area contributed by atoms with E-state index >= 15 is 0 Å². The molecule has 1 aromatic carbocycles. The molecule has 0 aliphatic heterocycles. The minimum atomic E-state index is -0.329. The van der Waals surface area contributed by atoms with Gasteiger partial charge in [-0.1, -0.05) is 13.8 Å². The fraction of sp³-hybridized carbons (Fsp3) is 0.571. The van der Waals surface area contributed by atoms with Crippen LogP contribution in [-0.4, -0.2) is 24.6 Å². The predicted octanol–water partition coefficient (Wildman–Crippen LogP) is 3.26. The molecule has 1 aromatic rings. The highest BCUT2D eigenvalue weighted by molar-refractivity contribution is 5.65. The second kappa shape index (κ2) is 5.47. The Kier molecular flexibility index (Phi) is 3.93. The molecule has 0 bridgehead atoms. The average molecular weight is 263 g/mol. The normalized spacial score (nSPS) is 14.5. The third-order valence-corrected chi connectivity index (χ3v) is 3.28. The number of non-ortho nitro benzene ring substituents is 1. The van der Waals surface area contributed by atoms with Crippen LogP contribution in [0, 0.1) is 16.0 Å². The molecule has 1 aliphatic carbocycles. The van der Waals surface area contributed by atoms with Crippen LogP contribution in [0.15, 0.2) is 18.2 Å². The zero-order valence-corrected chi connectivity index (χ0v) is 11.7. The van der Waals surface area contributed by atoms with Crippen LogP contribution in [0.25, 0.3) is 0 Å². The van der Waals surface area contributed by atoms with E-state index < -0.39 is 0 Å². The van der Waals surface area contributed by atoms with Gasteiger partial charge < -0.3 is 10.2 Å². The molecule has 0 aromatic heterocycles. The van der Waals surface area contributed by atoms with Crippen molar-refractivity contribution < 1.29 is 4.92 Å². The van der Waals surface area contributed by atoms with E-state index in [-0.39, 0.29) is 10.6 Å². The van der Waals surface area contributed by atoms with E-state index in [2.05, 4.69) is 24.1 Å². The van der Waals surface area contributed by atoms with Gasteiger partial charge in [0, 0.05) is 43.1 Å². The maximum Gasteiger partial charge on any atom is 0.273 e. The standard InChI is InChI=1S/C14H21N3O2/c1-10(2)9-16(12-4-5-12)13-6-11(15-3)7-14(8-13)17(18)19/h6-8,10,12,15H,4-5,9H2,1-3H3. The van der Waals surface area contributed by atoms with Crippen molar-refractivity contribution in [2.45, 2.75) is 32.7 Å². The summed E-state index contributed by atoms with van der Waals surface area (Å²) in [6, 6.07) is 5.80. The zero-order chi connectivity index (χ0) is 14.0. The van der Waals surface area contributed by atoms with Gasteiger partial charge in [0.05, 0.1) is 4.92 Å². The first-order valence-electron chi connectivity index (χ1n) is 6.75. The maximum atomic E-state index is 11.0. The lowest BCUT2D eigenvalue weighted by molar-refractivity contribution is -0.384. The summed E-state index contributed by atoms with van der Waals surface area (Å²) in [7, 11) is 1.78. The van der Waals surface area contributed by atoms with Crippen LogP contribution in [0.2, 0.25) is 0 Å². The van der Waals surface area contributed by atoms with Gasteiger partial charge in [0.1, 0.15) is 0 Å². The summed E-state index contributed by atoms with van der Waals surface area (Å²) >= 11 is 0. The lowest BCUT2D eigenvalue weighted by Gasteiger charge is -2.27. The van der Waals surface area contributed by atoms with Crippen molar-refractivity contribution >= 4 is 17.1 Å². The molecule has 1 aliphatic rings. The van der Waals surface area contributed by atoms with Crippen molar-refractivity contribution in [1.29, 1.82) is 0 Å². The highest BCUT2D eigenvalue weighted by Gasteiger charge is 2.30. The highest BCUT2D eigenvalue weighted by Crippen LogP contribution is 2.35. The highest BCUT2D eigenvalue weighted by atomic mass is 16.6. The number of hydrogen-bond donors (Lipinski definition) is 1. The second-order valence-electron chi connectivity index (χ2n) is 5.52. The van der Waals surface area contributed by atoms with Crippen molar-refractivity contribution in [1.82, 2.24) is 0 Å². The average Bonchev–Trinajstić information content (AvgIpc) is 3.19. The van der Waals surface area contributed by atoms with E-state index in [0.29, 0.717) is 12.0 Å². The van der Waals surface area contributed by atoms with Crippen molar-refractivity contribution in [2.75, 3.05) is 23.8 Å². The van der Waals surface area contributed by atoms with Crippen LogP contribution in [-0.2, 0) is 0 Å². The Bertz CT molecular complexity index is 470. The molecule has 5 nitrogen and oxygen atoms in total. The summed E-state index contributed by atoms with van der Waals surface area (Å²) in [5.74, 6) is 0.540. The number of rotatable bonds is 6. The minimum absolute atomic E-state index is 0.149. The van der Waals surface area contributed by atoms with Crippen LogP contribution in [0.5, 0.6) is 0 Å². The molecule has 2 rings (SSSR count). The van der Waals surface area contributed by atoms with Gasteiger partial charge in [0.15, 0.2) is 0 Å². The maximum absolute atomic E-state index is 11.0. The van der Waals surface area contributed by atoms with Crippen molar-refractivity contribution in [3.05, 3.63) is 28.3 Å². The molecule has 1 fully saturated rings. The first-order chi connectivity index (χ1) is 9.01. The topological polar surface area (TPSA) is 58.4 Å². The quantitative estimate of drug-likeness (QED) is 0.632. The van der Waals surface area contributed by atoms with Crippen LogP contribution in [0.1, 0.15) is 26.7 Å². The largest absolute Gasteiger partial charge is 0.388 e. The van der Waals surface area contributed by atoms with Gasteiger partial charge in [-0.25, -0.2) is 0 Å². The SMILES string of the molecule is CNc1cc(N(CC(C)C)C2CC2)cc([N+](=O)[O-])c1. The molecule has 0 heterocycles. The fourth-order valence-corrected chi connectivity index (χ4v) is 2.26. The van der Waals surface area contributed by atoms with Crippen LogP contribution in [0.4, 0.5) is 17.1 Å². The predicted molar refractivity (Wildman–Crippen MR) is 77.8 cm³/mol. The molecule has 0 unspecified atom stereocenters. The third kappa shape index (κ3) is 3.36. The Hall–Kier alpha value is -1.78. The van der Waals surface area contributed by atoms with Gasteiger partial charge in [-0.2, -0.15) is 0 Å². The van der Waals surface area contributed by atoms with E-state index in [1.807, 2.05) is 6.07 Å². The molecule has 1 saturated carbocycles. The first kappa shape index (κ1) is 13.6. The number of benzene rings is 1. The summed E-state index contributed by atoms with van der Waals surface area (Å²) in [5, 5.41) is 14.0. The van der Waals surface area contributed by atoms with Gasteiger partial charge >= 0.3 is 0 Å². The Morgan fingerprint density at radius 2 is 2.11 bits per heavy atom. The van der Waals surface area contributed by atoms with Crippen molar-refractivity contribution in [3.63, 3.8) is 0 Å². The van der Waals surface area contributed by atoms with Gasteiger partial charge in [-0.05, 0) is 24.8 Å². The van der Waals surface area contributed by atoms with Crippen molar-refractivity contribution in [2.24, 2.45) is 5.92 Å². The number of nitro benzene ring substituents is 1. The fourth-order valence-electron chi connectivity index (χ4n) is 2.26. The number of nitro groups is 1. The van der Waals surface area contributed by atoms with Gasteiger partial charge in [-0.15, -0.1) is 0 Å². The first-order valence-corrected chi connectivity index (χ1v) is 6.75. The summed E-state index contributed by atoms with van der Waals surface area (Å²) in [4.78, 5) is 13.0. The van der Waals surface area contributed by atoms with E-state index in [0.717, 1.165) is 17.9 Å². The molecule has 0 spiro atoms. The summed E-state index contributed by atoms with van der Waals surface area (Å²) < 4.78 is 0. The molecule has 0 atom stereocenters. The van der Waals surface area contributed by atoms with Crippen LogP contribution in [0.3, 0.4) is 0 Å². The molecular formula is C14H21N3O2. The number of hydrogen-bond acceptors (Lipinski definition) is 4. The Morgan fingerprint density at radius 3 is 2.58 bits per heavy atom. The molecule has 1 N–H and O–H groups in total. The Balaban J connectivity index is 2.34. The number of nitrogens with one attached hydrogen (secondary N) is 1. The van der Waals surface area contributed by atoms with Gasteiger partial charge in [0.2, 0.25) is 0 Å². The van der Waals surface area contributed by atoms with Crippen molar-refractivity contribution in [3.8, 4) is 0 Å². The summed E-state index contributed by atoms with van der Waals surface area (Å²) in [6.45, 7) is 5.28. The van der Waals surface area contributed by atoms with Gasteiger partial charge in [-0.3, -0.25) is 10.1 Å². The second-order valence-corrected chi connectivity index (χ2v) is 5.52. The van der Waals surface area contributed by atoms with E-state index in [1.54, 1.807) is 19.2 Å². The number of anilines is 2. The molecule has 104 valence electrons. The lowest BCUT2D eigenvalue weighted by Crippen LogP contribution is -2.29. The Morgan fingerprint density at radius 1 is 1.42 bits per heavy atom. The Labute approximate surface area is 113 Å². The molecule has 0 saturated heterocycles. The smallest absolute Gasteiger partial charge is 0.273 e. The van der Waals surface area contributed by atoms with E-state index in [9.17, 15) is 10.1 Å². The molecule has 5 heteroatoms. The van der Waals surface area contributed by atoms with E-state index in [4.69, 9.17) is 0 Å². The molecular weight excluding hydrogens is 242 g/mol. The number of nitrogens with zero attached hydrogens (tertiary/aromatic N) is 2. The molecule has 19 heavy (non-hydrogen) atoms. The molecule has 0 radical (unpaired) electrons. The zero-order valence-electron chi connectivity index (χ0n) is 11.7. The lowest BCUT2D eigenvalue weighted by atomic mass is 10.1. The summed E-state index contributed by atoms with van der Waals surface area (Å²) in [5.41, 5.74) is 1.89. The van der Waals surface area contributed by atoms with Gasteiger partial charge in [0.25, 0.3) is 5.69 Å². The monoisotopic (exact) mass is 263 g/mol. The minimum Gasteiger partial charge on any atom is -0.388 e. The van der Waals surface area contributed by atoms with Crippen LogP contribution >= 0.6 is 0 Å². The van der Waals surface area contributed by atoms with Crippen LogP contribution < -0.4 is 10.2 Å². The summed E-state index contributed by atoms with van der Waals surface area (Å²) in [6.07, 6.45) is 2.37. The molecule has 0 amide bonds.